The molecule has 5 N–H and O–H groups in total. The van der Waals surface area contributed by atoms with E-state index in [9.17, 15) is 19.5 Å². The number of carboxylic acids is 1. The van der Waals surface area contributed by atoms with E-state index in [2.05, 4.69) is 31.4 Å². The molecular weight excluding hydrogens is 466 g/mol. The molecule has 37 heavy (non-hydrogen) atoms. The van der Waals surface area contributed by atoms with Gasteiger partial charge in [0, 0.05) is 0 Å². The lowest BCUT2D eigenvalue weighted by molar-refractivity contribution is -0.142. The van der Waals surface area contributed by atoms with Crippen LogP contribution in [0.4, 0.5) is 0 Å². The van der Waals surface area contributed by atoms with E-state index >= 15 is 0 Å². The van der Waals surface area contributed by atoms with Gasteiger partial charge in [0.05, 0.1) is 6.04 Å². The number of rotatable bonds is 26. The van der Waals surface area contributed by atoms with Crippen LogP contribution in [0, 0.1) is 0 Å². The third kappa shape index (κ3) is 20.1. The molecule has 0 saturated heterocycles. The van der Waals surface area contributed by atoms with Crippen molar-refractivity contribution in [3.63, 3.8) is 0 Å². The Kier molecular flexibility index (Phi) is 23.6. The van der Waals surface area contributed by atoms with Gasteiger partial charge in [-0.1, -0.05) is 136 Å². The predicted molar refractivity (Wildman–Crippen MR) is 153 cm³/mol. The zero-order valence-electron chi connectivity index (χ0n) is 24.3. The number of hydrogen-bond donors (Lipinski definition) is 4. The van der Waals surface area contributed by atoms with Gasteiger partial charge in [0.15, 0.2) is 0 Å². The highest BCUT2D eigenvalue weighted by molar-refractivity contribution is 5.91. The molecule has 7 heteroatoms. The van der Waals surface area contributed by atoms with E-state index in [1.54, 1.807) is 0 Å². The zero-order valence-corrected chi connectivity index (χ0v) is 24.3. The average Bonchev–Trinajstić information content (AvgIpc) is 2.88. The molecule has 0 radical (unpaired) electrons. The van der Waals surface area contributed by atoms with Gasteiger partial charge in [-0.15, -0.1) is 0 Å². The molecule has 0 aliphatic heterocycles. The minimum atomic E-state index is -1.02. The minimum absolute atomic E-state index is 0.317. The fraction of sp³-hybridized carbons (Fsp3) is 0.900. The van der Waals surface area contributed by atoms with Crippen molar-refractivity contribution in [3.05, 3.63) is 0 Å². The molecule has 0 aliphatic carbocycles. The lowest BCUT2D eigenvalue weighted by atomic mass is 10.0. The van der Waals surface area contributed by atoms with Crippen molar-refractivity contribution in [3.8, 4) is 0 Å². The lowest BCUT2D eigenvalue weighted by Gasteiger charge is -2.23. The minimum Gasteiger partial charge on any atom is -0.480 e. The first-order valence-corrected chi connectivity index (χ1v) is 15.5. The van der Waals surface area contributed by atoms with Crippen LogP contribution in [0.2, 0.25) is 0 Å². The van der Waals surface area contributed by atoms with Crippen LogP contribution in [-0.4, -0.2) is 41.0 Å². The van der Waals surface area contributed by atoms with Crippen LogP contribution in [-0.2, 0) is 14.4 Å². The molecular formula is C30H59N3O4. The Morgan fingerprint density at radius 1 is 0.541 bits per heavy atom. The number of amides is 2. The second-order valence-electron chi connectivity index (χ2n) is 10.7. The Hall–Kier alpha value is -1.63. The molecule has 0 aliphatic rings. The Morgan fingerprint density at radius 3 is 1.32 bits per heavy atom. The summed E-state index contributed by atoms with van der Waals surface area (Å²) in [6.45, 7) is 6.53. The van der Waals surface area contributed by atoms with Crippen LogP contribution in [0.1, 0.15) is 156 Å². The first-order chi connectivity index (χ1) is 17.9. The molecule has 2 amide bonds. The molecule has 3 unspecified atom stereocenters. The molecule has 7 nitrogen and oxygen atoms in total. The van der Waals surface area contributed by atoms with Crippen molar-refractivity contribution in [1.82, 2.24) is 10.6 Å². The maximum atomic E-state index is 13.1. The van der Waals surface area contributed by atoms with Gasteiger partial charge in [-0.05, 0) is 19.3 Å². The first-order valence-electron chi connectivity index (χ1n) is 15.5. The van der Waals surface area contributed by atoms with Crippen LogP contribution >= 0.6 is 0 Å². The summed E-state index contributed by atoms with van der Waals surface area (Å²) in [5.74, 6) is -1.75. The third-order valence-electron chi connectivity index (χ3n) is 7.15. The van der Waals surface area contributed by atoms with Crippen molar-refractivity contribution >= 4 is 17.8 Å². The number of carboxylic acid groups (broad SMARTS) is 1. The van der Waals surface area contributed by atoms with E-state index in [-0.39, 0.29) is 5.91 Å². The quantitative estimate of drug-likeness (QED) is 0.0945. The largest absolute Gasteiger partial charge is 0.480 e. The van der Waals surface area contributed by atoms with Crippen molar-refractivity contribution in [2.75, 3.05) is 0 Å². The van der Waals surface area contributed by atoms with E-state index in [1.807, 2.05) is 0 Å². The molecule has 0 spiro atoms. The van der Waals surface area contributed by atoms with E-state index in [1.165, 1.54) is 51.4 Å². The monoisotopic (exact) mass is 525 g/mol. The van der Waals surface area contributed by atoms with Gasteiger partial charge in [0.2, 0.25) is 11.8 Å². The number of nitrogens with one attached hydrogen (secondary N) is 2. The van der Waals surface area contributed by atoms with Crippen molar-refractivity contribution < 1.29 is 19.5 Å². The van der Waals surface area contributed by atoms with Crippen molar-refractivity contribution in [2.24, 2.45) is 5.73 Å². The highest BCUT2D eigenvalue weighted by Gasteiger charge is 2.27. The van der Waals surface area contributed by atoms with Crippen LogP contribution in [0.25, 0.3) is 0 Å². The Labute approximate surface area is 227 Å². The summed E-state index contributed by atoms with van der Waals surface area (Å²) in [6, 6.07) is -2.33. The number of aliphatic carboxylic acids is 1. The van der Waals surface area contributed by atoms with E-state index in [0.717, 1.165) is 64.2 Å². The summed E-state index contributed by atoms with van der Waals surface area (Å²) in [7, 11) is 0. The fourth-order valence-electron chi connectivity index (χ4n) is 4.61. The van der Waals surface area contributed by atoms with Gasteiger partial charge >= 0.3 is 5.97 Å². The van der Waals surface area contributed by atoms with E-state index in [0.29, 0.717) is 19.3 Å². The number of carbonyl (C=O) groups is 3. The average molecular weight is 526 g/mol. The topological polar surface area (TPSA) is 122 Å². The maximum Gasteiger partial charge on any atom is 0.326 e. The Bertz CT molecular complexity index is 585. The van der Waals surface area contributed by atoms with E-state index in [4.69, 9.17) is 5.73 Å². The van der Waals surface area contributed by atoms with Gasteiger partial charge in [-0.2, -0.15) is 0 Å². The van der Waals surface area contributed by atoms with Crippen LogP contribution in [0.15, 0.2) is 0 Å². The molecule has 0 bridgehead atoms. The zero-order chi connectivity index (χ0) is 27.7. The van der Waals surface area contributed by atoms with Gasteiger partial charge in [-0.25, -0.2) is 4.79 Å². The molecule has 0 fully saturated rings. The highest BCUT2D eigenvalue weighted by Crippen LogP contribution is 2.13. The number of nitrogens with two attached hydrogens (primary N) is 1. The molecule has 3 atom stereocenters. The SMILES string of the molecule is CCCCCCCCC(N)C(=O)NC(CCCCCCCC)C(=O)NC(CCCCCCCC)C(=O)O. The number of unbranched alkanes of at least 4 members (excludes halogenated alkanes) is 15. The molecule has 0 rings (SSSR count). The van der Waals surface area contributed by atoms with Gasteiger partial charge in [0.1, 0.15) is 12.1 Å². The summed E-state index contributed by atoms with van der Waals surface area (Å²) in [4.78, 5) is 37.7. The summed E-state index contributed by atoms with van der Waals surface area (Å²) in [5, 5.41) is 15.2. The highest BCUT2D eigenvalue weighted by atomic mass is 16.4. The lowest BCUT2D eigenvalue weighted by Crippen LogP contribution is -2.54. The molecule has 218 valence electrons. The van der Waals surface area contributed by atoms with Crippen molar-refractivity contribution in [1.29, 1.82) is 0 Å². The molecule has 0 heterocycles. The van der Waals surface area contributed by atoms with E-state index < -0.39 is 30.0 Å². The standard InChI is InChI=1S/C30H59N3O4/c1-4-7-10-13-16-19-22-25(31)28(34)32-26(23-20-17-14-11-8-5-2)29(35)33-27(30(36)37)24-21-18-15-12-9-6-3/h25-27H,4-24,31H2,1-3H3,(H,32,34)(H,33,35)(H,36,37). The molecule has 0 aromatic carbocycles. The molecule has 0 saturated carbocycles. The second-order valence-corrected chi connectivity index (χ2v) is 10.7. The van der Waals surface area contributed by atoms with Crippen LogP contribution in [0.5, 0.6) is 0 Å². The van der Waals surface area contributed by atoms with Crippen LogP contribution in [0.3, 0.4) is 0 Å². The molecule has 0 aromatic heterocycles. The summed E-state index contributed by atoms with van der Waals surface area (Å²) < 4.78 is 0. The number of hydrogen-bond acceptors (Lipinski definition) is 4. The fourth-order valence-corrected chi connectivity index (χ4v) is 4.61. The Morgan fingerprint density at radius 2 is 0.892 bits per heavy atom. The van der Waals surface area contributed by atoms with Crippen molar-refractivity contribution in [2.45, 2.75) is 174 Å². The number of carbonyl (C=O) groups excluding carboxylic acids is 2. The van der Waals surface area contributed by atoms with Gasteiger partial charge in [0.25, 0.3) is 0 Å². The summed E-state index contributed by atoms with van der Waals surface area (Å²) >= 11 is 0. The van der Waals surface area contributed by atoms with Gasteiger partial charge in [-0.3, -0.25) is 9.59 Å². The smallest absolute Gasteiger partial charge is 0.326 e. The Balaban J connectivity index is 4.84. The second kappa shape index (κ2) is 24.7. The normalized spacial score (nSPS) is 13.6. The third-order valence-corrected chi connectivity index (χ3v) is 7.15. The van der Waals surface area contributed by atoms with Gasteiger partial charge < -0.3 is 21.5 Å². The summed E-state index contributed by atoms with van der Waals surface area (Å²) in [5.41, 5.74) is 6.14. The summed E-state index contributed by atoms with van der Waals surface area (Å²) in [6.07, 6.45) is 21.0. The first kappa shape index (κ1) is 35.4. The molecule has 0 aromatic rings. The van der Waals surface area contributed by atoms with Crippen LogP contribution < -0.4 is 16.4 Å². The maximum absolute atomic E-state index is 13.1. The predicted octanol–water partition coefficient (Wildman–Crippen LogP) is 6.62.